The van der Waals surface area contributed by atoms with E-state index in [1.54, 1.807) is 14.2 Å². The first-order chi connectivity index (χ1) is 16.7. The lowest BCUT2D eigenvalue weighted by molar-refractivity contribution is -0.118. The van der Waals surface area contributed by atoms with Gasteiger partial charge in [-0.05, 0) is 48.4 Å². The third kappa shape index (κ3) is 5.77. The van der Waals surface area contributed by atoms with E-state index in [1.807, 2.05) is 83.4 Å². The second-order valence-corrected chi connectivity index (χ2v) is 8.38. The molecule has 4 aromatic rings. The zero-order valence-electron chi connectivity index (χ0n) is 19.1. The average molecular weight is 475 g/mol. The van der Waals surface area contributed by atoms with Crippen molar-refractivity contribution in [3.8, 4) is 28.6 Å². The van der Waals surface area contributed by atoms with Crippen LogP contribution in [0.2, 0.25) is 0 Å². The molecular formula is C26H26N4O3S. The van der Waals surface area contributed by atoms with Crippen molar-refractivity contribution in [2.75, 3.05) is 26.5 Å². The normalized spacial score (nSPS) is 10.6. The van der Waals surface area contributed by atoms with Crippen molar-refractivity contribution < 1.29 is 14.3 Å². The van der Waals surface area contributed by atoms with Crippen LogP contribution in [0, 0.1) is 0 Å². The number of carbonyl (C=O) groups is 1. The predicted octanol–water partition coefficient (Wildman–Crippen LogP) is 4.40. The van der Waals surface area contributed by atoms with Crippen molar-refractivity contribution in [1.82, 2.24) is 20.1 Å². The minimum Gasteiger partial charge on any atom is -0.497 e. The maximum absolute atomic E-state index is 12.5. The summed E-state index contributed by atoms with van der Waals surface area (Å²) in [6.45, 7) is 0.562. The first-order valence-corrected chi connectivity index (χ1v) is 11.8. The molecule has 0 bridgehead atoms. The number of ether oxygens (including phenoxy) is 2. The summed E-state index contributed by atoms with van der Waals surface area (Å²) in [5, 5.41) is 12.4. The molecule has 1 amide bonds. The van der Waals surface area contributed by atoms with Crippen molar-refractivity contribution in [3.63, 3.8) is 0 Å². The van der Waals surface area contributed by atoms with Gasteiger partial charge in [-0.2, -0.15) is 0 Å². The minimum absolute atomic E-state index is 0.0518. The zero-order valence-corrected chi connectivity index (χ0v) is 19.9. The molecular weight excluding hydrogens is 448 g/mol. The van der Waals surface area contributed by atoms with Crippen molar-refractivity contribution >= 4 is 17.7 Å². The smallest absolute Gasteiger partial charge is 0.230 e. The Labute approximate surface area is 203 Å². The molecule has 0 aliphatic rings. The topological polar surface area (TPSA) is 78.3 Å². The van der Waals surface area contributed by atoms with Crippen LogP contribution in [0.1, 0.15) is 5.56 Å². The minimum atomic E-state index is -0.0518. The molecule has 1 aromatic heterocycles. The molecule has 1 heterocycles. The summed E-state index contributed by atoms with van der Waals surface area (Å²) in [4.78, 5) is 12.5. The molecule has 7 nitrogen and oxygen atoms in total. The average Bonchev–Trinajstić information content (AvgIpc) is 3.32. The van der Waals surface area contributed by atoms with Gasteiger partial charge in [0.25, 0.3) is 0 Å². The number of benzene rings is 3. The number of amides is 1. The fourth-order valence-corrected chi connectivity index (χ4v) is 4.20. The van der Waals surface area contributed by atoms with Crippen LogP contribution in [0.25, 0.3) is 17.1 Å². The lowest BCUT2D eigenvalue weighted by atomic mass is 10.1. The second-order valence-electron chi connectivity index (χ2n) is 7.44. The number of rotatable bonds is 10. The van der Waals surface area contributed by atoms with E-state index in [4.69, 9.17) is 9.47 Å². The van der Waals surface area contributed by atoms with E-state index in [0.717, 1.165) is 34.7 Å². The van der Waals surface area contributed by atoms with Gasteiger partial charge < -0.3 is 14.8 Å². The SMILES string of the molecule is COc1ccc(CCNC(=O)CSc2nnc(-c3ccccc3)n2-c2ccc(OC)cc2)cc1. The number of aromatic nitrogens is 3. The van der Waals surface area contributed by atoms with Crippen molar-refractivity contribution in [2.45, 2.75) is 11.6 Å². The Balaban J connectivity index is 1.43. The summed E-state index contributed by atoms with van der Waals surface area (Å²) < 4.78 is 12.4. The third-order valence-electron chi connectivity index (χ3n) is 5.22. The van der Waals surface area contributed by atoms with E-state index >= 15 is 0 Å². The Morgan fingerprint density at radius 2 is 1.53 bits per heavy atom. The van der Waals surface area contributed by atoms with E-state index in [2.05, 4.69) is 15.5 Å². The fraction of sp³-hybridized carbons (Fsp3) is 0.192. The molecule has 4 rings (SSSR count). The maximum Gasteiger partial charge on any atom is 0.230 e. The van der Waals surface area contributed by atoms with Crippen molar-refractivity contribution in [3.05, 3.63) is 84.4 Å². The highest BCUT2D eigenvalue weighted by atomic mass is 32.2. The quantitative estimate of drug-likeness (QED) is 0.343. The number of nitrogens with zero attached hydrogens (tertiary/aromatic N) is 3. The monoisotopic (exact) mass is 474 g/mol. The summed E-state index contributed by atoms with van der Waals surface area (Å²) in [5.41, 5.74) is 2.98. The number of hydrogen-bond donors (Lipinski definition) is 1. The third-order valence-corrected chi connectivity index (χ3v) is 6.15. The highest BCUT2D eigenvalue weighted by Gasteiger charge is 2.17. The molecule has 0 aliphatic heterocycles. The van der Waals surface area contributed by atoms with Crippen LogP contribution >= 0.6 is 11.8 Å². The molecule has 0 saturated heterocycles. The Morgan fingerprint density at radius 1 is 0.882 bits per heavy atom. The van der Waals surface area contributed by atoms with Crippen molar-refractivity contribution in [1.29, 1.82) is 0 Å². The van der Waals surface area contributed by atoms with Gasteiger partial charge in [-0.15, -0.1) is 10.2 Å². The lowest BCUT2D eigenvalue weighted by Crippen LogP contribution is -2.27. The molecule has 0 aliphatic carbocycles. The molecule has 8 heteroatoms. The maximum atomic E-state index is 12.5. The van der Waals surface area contributed by atoms with Gasteiger partial charge in [-0.1, -0.05) is 54.2 Å². The van der Waals surface area contributed by atoms with Gasteiger partial charge >= 0.3 is 0 Å². The summed E-state index contributed by atoms with van der Waals surface area (Å²) in [7, 11) is 3.28. The van der Waals surface area contributed by atoms with Gasteiger partial charge in [-0.25, -0.2) is 0 Å². The van der Waals surface area contributed by atoms with Crippen LogP contribution in [0.3, 0.4) is 0 Å². The van der Waals surface area contributed by atoms with Crippen LogP contribution in [-0.4, -0.2) is 47.2 Å². The first kappa shape index (κ1) is 23.4. The van der Waals surface area contributed by atoms with Crippen LogP contribution in [0.4, 0.5) is 0 Å². The molecule has 0 fully saturated rings. The Morgan fingerprint density at radius 3 is 2.18 bits per heavy atom. The molecule has 174 valence electrons. The number of methoxy groups -OCH3 is 2. The van der Waals surface area contributed by atoms with Gasteiger partial charge in [-0.3, -0.25) is 9.36 Å². The molecule has 34 heavy (non-hydrogen) atoms. The highest BCUT2D eigenvalue weighted by Crippen LogP contribution is 2.28. The van der Waals surface area contributed by atoms with E-state index in [-0.39, 0.29) is 11.7 Å². The summed E-state index contributed by atoms with van der Waals surface area (Å²) in [5.74, 6) is 2.49. The lowest BCUT2D eigenvalue weighted by Gasteiger charge is -2.11. The molecule has 3 aromatic carbocycles. The van der Waals surface area contributed by atoms with Crippen LogP contribution in [0.5, 0.6) is 11.5 Å². The highest BCUT2D eigenvalue weighted by molar-refractivity contribution is 7.99. The van der Waals surface area contributed by atoms with E-state index in [0.29, 0.717) is 17.5 Å². The number of nitrogens with one attached hydrogen (secondary N) is 1. The molecule has 0 radical (unpaired) electrons. The van der Waals surface area contributed by atoms with Gasteiger partial charge in [0.15, 0.2) is 11.0 Å². The van der Waals surface area contributed by atoms with E-state index < -0.39 is 0 Å². The number of hydrogen-bond acceptors (Lipinski definition) is 6. The summed E-state index contributed by atoms with van der Waals surface area (Å²) in [6.07, 6.45) is 0.751. The number of carbonyl (C=O) groups excluding carboxylic acids is 1. The zero-order chi connectivity index (χ0) is 23.8. The largest absolute Gasteiger partial charge is 0.497 e. The van der Waals surface area contributed by atoms with Crippen LogP contribution in [-0.2, 0) is 11.2 Å². The predicted molar refractivity (Wildman–Crippen MR) is 134 cm³/mol. The molecule has 0 unspecified atom stereocenters. The standard InChI is InChI=1S/C26H26N4O3S/c1-32-22-12-8-19(9-13-22)16-17-27-24(31)18-34-26-29-28-25(20-6-4-3-5-7-20)30(26)21-10-14-23(33-2)15-11-21/h3-15H,16-18H2,1-2H3,(H,27,31). The first-order valence-electron chi connectivity index (χ1n) is 10.9. The Hall–Kier alpha value is -3.78. The number of thioether (sulfide) groups is 1. The molecule has 1 N–H and O–H groups in total. The van der Waals surface area contributed by atoms with E-state index in [1.165, 1.54) is 11.8 Å². The second kappa shape index (κ2) is 11.4. The van der Waals surface area contributed by atoms with Gasteiger partial charge in [0.1, 0.15) is 11.5 Å². The van der Waals surface area contributed by atoms with Crippen LogP contribution in [0.15, 0.2) is 84.0 Å². The summed E-state index contributed by atoms with van der Waals surface area (Å²) >= 11 is 1.36. The van der Waals surface area contributed by atoms with Gasteiger partial charge in [0.05, 0.1) is 20.0 Å². The van der Waals surface area contributed by atoms with E-state index in [9.17, 15) is 4.79 Å². The Kier molecular flexibility index (Phi) is 7.83. The summed E-state index contributed by atoms with van der Waals surface area (Å²) in [6, 6.07) is 25.4. The molecule has 0 saturated carbocycles. The van der Waals surface area contributed by atoms with Crippen LogP contribution < -0.4 is 14.8 Å². The van der Waals surface area contributed by atoms with Gasteiger partial charge in [0, 0.05) is 17.8 Å². The molecule has 0 atom stereocenters. The Bertz CT molecular complexity index is 1210. The fourth-order valence-electron chi connectivity index (χ4n) is 3.42. The van der Waals surface area contributed by atoms with Crippen molar-refractivity contribution in [2.24, 2.45) is 0 Å². The molecule has 0 spiro atoms. The van der Waals surface area contributed by atoms with Gasteiger partial charge in [0.2, 0.25) is 5.91 Å².